The summed E-state index contributed by atoms with van der Waals surface area (Å²) in [5.41, 5.74) is 0.768. The Bertz CT molecular complexity index is 292. The summed E-state index contributed by atoms with van der Waals surface area (Å²) in [7, 11) is 0. The summed E-state index contributed by atoms with van der Waals surface area (Å²) in [6.45, 7) is 0. The van der Waals surface area contributed by atoms with Crippen LogP contribution in [0.15, 0.2) is 24.5 Å². The van der Waals surface area contributed by atoms with Crippen molar-refractivity contribution < 1.29 is 4.79 Å². The molecule has 0 radical (unpaired) electrons. The molecule has 1 heterocycles. The molecule has 0 aliphatic rings. The summed E-state index contributed by atoms with van der Waals surface area (Å²) in [5.74, 6) is -0.0318. The molecule has 1 rings (SSSR count). The molecular formula is C9H10Br2N2O. The number of carbonyl (C=O) groups is 1. The van der Waals surface area contributed by atoms with Crippen LogP contribution in [-0.4, -0.2) is 21.0 Å². The van der Waals surface area contributed by atoms with E-state index in [0.29, 0.717) is 0 Å². The minimum atomic E-state index is -0.157. The maximum absolute atomic E-state index is 11.5. The van der Waals surface area contributed by atoms with E-state index in [1.165, 1.54) is 0 Å². The fourth-order valence-electron chi connectivity index (χ4n) is 0.883. The first-order valence-corrected chi connectivity index (χ1v) is 6.18. The number of nitrogens with one attached hydrogen (secondary N) is 1. The zero-order chi connectivity index (χ0) is 10.4. The summed E-state index contributed by atoms with van der Waals surface area (Å²) in [5, 5.41) is 3.58. The lowest BCUT2D eigenvalue weighted by Crippen LogP contribution is -2.23. The molecule has 0 aliphatic carbocycles. The van der Waals surface area contributed by atoms with Crippen molar-refractivity contribution in [2.45, 2.75) is 11.2 Å². The van der Waals surface area contributed by atoms with E-state index in [1.54, 1.807) is 24.5 Å². The molecule has 1 atom stereocenters. The van der Waals surface area contributed by atoms with Gasteiger partial charge in [-0.3, -0.25) is 9.78 Å². The van der Waals surface area contributed by atoms with E-state index in [4.69, 9.17) is 0 Å². The van der Waals surface area contributed by atoms with Crippen LogP contribution < -0.4 is 5.32 Å². The van der Waals surface area contributed by atoms with E-state index in [2.05, 4.69) is 42.2 Å². The highest BCUT2D eigenvalue weighted by atomic mass is 79.9. The van der Waals surface area contributed by atoms with Crippen molar-refractivity contribution in [1.29, 1.82) is 0 Å². The van der Waals surface area contributed by atoms with Crippen LogP contribution in [0.1, 0.15) is 6.42 Å². The van der Waals surface area contributed by atoms with Gasteiger partial charge in [-0.05, 0) is 18.6 Å². The molecule has 1 unspecified atom stereocenters. The molecule has 1 amide bonds. The number of hydrogen-bond acceptors (Lipinski definition) is 2. The third-order valence-electron chi connectivity index (χ3n) is 1.59. The SMILES string of the molecule is O=C(Nc1ccncc1)C(Br)CCBr. The van der Waals surface area contributed by atoms with E-state index < -0.39 is 0 Å². The van der Waals surface area contributed by atoms with Gasteiger partial charge in [0.05, 0.1) is 4.83 Å². The second kappa shape index (κ2) is 6.14. The molecule has 0 aliphatic heterocycles. The second-order valence-electron chi connectivity index (χ2n) is 2.67. The second-order valence-corrected chi connectivity index (χ2v) is 4.57. The van der Waals surface area contributed by atoms with Crippen LogP contribution >= 0.6 is 31.9 Å². The van der Waals surface area contributed by atoms with Gasteiger partial charge in [0.1, 0.15) is 0 Å². The van der Waals surface area contributed by atoms with Crippen molar-refractivity contribution in [3.05, 3.63) is 24.5 Å². The maximum Gasteiger partial charge on any atom is 0.238 e. The van der Waals surface area contributed by atoms with Gasteiger partial charge in [-0.15, -0.1) is 0 Å². The molecule has 0 aromatic carbocycles. The van der Waals surface area contributed by atoms with Crippen LogP contribution in [-0.2, 0) is 4.79 Å². The van der Waals surface area contributed by atoms with Gasteiger partial charge in [0.15, 0.2) is 0 Å². The van der Waals surface area contributed by atoms with Gasteiger partial charge < -0.3 is 5.32 Å². The molecule has 1 aromatic heterocycles. The third-order valence-corrected chi connectivity index (χ3v) is 2.93. The van der Waals surface area contributed by atoms with E-state index >= 15 is 0 Å². The normalized spacial score (nSPS) is 12.1. The minimum Gasteiger partial charge on any atom is -0.325 e. The standard InChI is InChI=1S/C9H10Br2N2O/c10-4-1-8(11)9(14)13-7-2-5-12-6-3-7/h2-3,5-6,8H,1,4H2,(H,12,13,14). The first-order valence-electron chi connectivity index (χ1n) is 4.15. The number of alkyl halides is 2. The average molecular weight is 322 g/mol. The molecule has 0 saturated carbocycles. The fraction of sp³-hybridized carbons (Fsp3) is 0.333. The highest BCUT2D eigenvalue weighted by Crippen LogP contribution is 2.11. The molecule has 3 nitrogen and oxygen atoms in total. The Hall–Kier alpha value is -0.420. The number of nitrogens with zero attached hydrogens (tertiary/aromatic N) is 1. The molecule has 76 valence electrons. The van der Waals surface area contributed by atoms with E-state index in [0.717, 1.165) is 17.4 Å². The highest BCUT2D eigenvalue weighted by Gasteiger charge is 2.13. The quantitative estimate of drug-likeness (QED) is 0.866. The topological polar surface area (TPSA) is 42.0 Å². The molecule has 0 bridgehead atoms. The predicted molar refractivity (Wildman–Crippen MR) is 64.0 cm³/mol. The van der Waals surface area contributed by atoms with Crippen molar-refractivity contribution in [3.63, 3.8) is 0 Å². The maximum atomic E-state index is 11.5. The minimum absolute atomic E-state index is 0.0318. The number of carbonyl (C=O) groups excluding carboxylic acids is 1. The monoisotopic (exact) mass is 320 g/mol. The Morgan fingerprint density at radius 3 is 2.71 bits per heavy atom. The molecule has 5 heteroatoms. The number of aromatic nitrogens is 1. The fourth-order valence-corrected chi connectivity index (χ4v) is 2.30. The van der Waals surface area contributed by atoms with Gasteiger partial charge in [-0.25, -0.2) is 0 Å². The molecule has 0 fully saturated rings. The molecular weight excluding hydrogens is 312 g/mol. The Morgan fingerprint density at radius 2 is 2.14 bits per heavy atom. The van der Waals surface area contributed by atoms with Crippen LogP contribution in [0, 0.1) is 0 Å². The van der Waals surface area contributed by atoms with Crippen molar-refractivity contribution in [3.8, 4) is 0 Å². The highest BCUT2D eigenvalue weighted by molar-refractivity contribution is 9.10. The van der Waals surface area contributed by atoms with Crippen LogP contribution in [0.2, 0.25) is 0 Å². The van der Waals surface area contributed by atoms with Gasteiger partial charge >= 0.3 is 0 Å². The van der Waals surface area contributed by atoms with Gasteiger partial charge in [-0.2, -0.15) is 0 Å². The van der Waals surface area contributed by atoms with Gasteiger partial charge in [0.25, 0.3) is 0 Å². The summed E-state index contributed by atoms with van der Waals surface area (Å²) in [6, 6.07) is 3.51. The van der Waals surface area contributed by atoms with Crippen molar-refractivity contribution in [2.75, 3.05) is 10.6 Å². The number of anilines is 1. The van der Waals surface area contributed by atoms with Crippen LogP contribution in [0.4, 0.5) is 5.69 Å². The van der Waals surface area contributed by atoms with E-state index in [-0.39, 0.29) is 10.7 Å². The summed E-state index contributed by atoms with van der Waals surface area (Å²) in [6.07, 6.45) is 4.05. The number of amides is 1. The molecule has 14 heavy (non-hydrogen) atoms. The Labute approximate surface area is 99.6 Å². The first-order chi connectivity index (χ1) is 6.74. The Kier molecular flexibility index (Phi) is 5.11. The molecule has 1 aromatic rings. The lowest BCUT2D eigenvalue weighted by atomic mass is 10.3. The van der Waals surface area contributed by atoms with Crippen LogP contribution in [0.5, 0.6) is 0 Å². The smallest absolute Gasteiger partial charge is 0.238 e. The zero-order valence-corrected chi connectivity index (χ0v) is 10.6. The van der Waals surface area contributed by atoms with Crippen molar-refractivity contribution in [1.82, 2.24) is 4.98 Å². The third kappa shape index (κ3) is 3.75. The van der Waals surface area contributed by atoms with Crippen molar-refractivity contribution in [2.24, 2.45) is 0 Å². The lowest BCUT2D eigenvalue weighted by molar-refractivity contribution is -0.115. The van der Waals surface area contributed by atoms with E-state index in [1.807, 2.05) is 0 Å². The predicted octanol–water partition coefficient (Wildman–Crippen LogP) is 2.57. The number of pyridine rings is 1. The van der Waals surface area contributed by atoms with Crippen molar-refractivity contribution >= 4 is 43.5 Å². The first kappa shape index (κ1) is 11.7. The number of rotatable bonds is 4. The van der Waals surface area contributed by atoms with Crippen LogP contribution in [0.25, 0.3) is 0 Å². The molecule has 0 spiro atoms. The van der Waals surface area contributed by atoms with Gasteiger partial charge in [0.2, 0.25) is 5.91 Å². The largest absolute Gasteiger partial charge is 0.325 e. The lowest BCUT2D eigenvalue weighted by Gasteiger charge is -2.08. The summed E-state index contributed by atoms with van der Waals surface area (Å²) < 4.78 is 0. The molecule has 1 N–H and O–H groups in total. The van der Waals surface area contributed by atoms with Gasteiger partial charge in [-0.1, -0.05) is 31.9 Å². The number of hydrogen-bond donors (Lipinski definition) is 1. The van der Waals surface area contributed by atoms with Gasteiger partial charge in [0, 0.05) is 23.4 Å². The zero-order valence-electron chi connectivity index (χ0n) is 7.41. The Morgan fingerprint density at radius 1 is 1.50 bits per heavy atom. The Balaban J connectivity index is 2.49. The van der Waals surface area contributed by atoms with E-state index in [9.17, 15) is 4.79 Å². The summed E-state index contributed by atoms with van der Waals surface area (Å²) >= 11 is 6.59. The number of halogens is 2. The average Bonchev–Trinajstić information content (AvgIpc) is 2.19. The van der Waals surface area contributed by atoms with Crippen LogP contribution in [0.3, 0.4) is 0 Å². The molecule has 0 saturated heterocycles. The summed E-state index contributed by atoms with van der Waals surface area (Å²) in [4.78, 5) is 15.2.